The fourth-order valence-corrected chi connectivity index (χ4v) is 2.06. The van der Waals surface area contributed by atoms with Gasteiger partial charge in [-0.2, -0.15) is 39.5 Å². The lowest BCUT2D eigenvalue weighted by Crippen LogP contribution is -2.17. The summed E-state index contributed by atoms with van der Waals surface area (Å²) in [4.78, 5) is 12.0. The topological polar surface area (TPSA) is 29.1 Å². The maximum Gasteiger partial charge on any atom is 0.416 e. The molecule has 0 fully saturated rings. The summed E-state index contributed by atoms with van der Waals surface area (Å²) in [7, 11) is 0. The van der Waals surface area contributed by atoms with E-state index in [4.69, 9.17) is 0 Å². The maximum atomic E-state index is 12.8. The Morgan fingerprint density at radius 1 is 0.667 bits per heavy atom. The fraction of sp³-hybridized carbons (Fsp3) is 0.188. The molecule has 0 saturated heterocycles. The molecule has 0 saturated carbocycles. The molecule has 0 bridgehead atoms. The minimum Gasteiger partial charge on any atom is -0.322 e. The monoisotopic (exact) mass is 401 g/mol. The van der Waals surface area contributed by atoms with Crippen LogP contribution >= 0.6 is 0 Å². The standard InChI is InChI=1S/C16H8F9NO/c17-14(18,19)9-2-1-3-12(7-9)26-13(27)8-4-10(15(20,21)22)6-11(5-8)16(23,24)25/h1-7H,(H,26,27). The van der Waals surface area contributed by atoms with Gasteiger partial charge in [0.1, 0.15) is 0 Å². The third kappa shape index (κ3) is 5.14. The van der Waals surface area contributed by atoms with Gasteiger partial charge < -0.3 is 5.32 Å². The van der Waals surface area contributed by atoms with Crippen LogP contribution in [-0.2, 0) is 18.5 Å². The molecule has 0 aliphatic carbocycles. The minimum absolute atomic E-state index is 0.166. The van der Waals surface area contributed by atoms with Crippen molar-refractivity contribution in [3.63, 3.8) is 0 Å². The van der Waals surface area contributed by atoms with Gasteiger partial charge in [-0.05, 0) is 36.4 Å². The number of rotatable bonds is 2. The number of alkyl halides is 9. The van der Waals surface area contributed by atoms with Crippen LogP contribution in [-0.4, -0.2) is 5.91 Å². The molecule has 1 amide bonds. The molecule has 2 aromatic rings. The second-order valence-electron chi connectivity index (χ2n) is 5.33. The van der Waals surface area contributed by atoms with Crippen LogP contribution < -0.4 is 5.32 Å². The summed E-state index contributed by atoms with van der Waals surface area (Å²) in [5.74, 6) is -1.43. The van der Waals surface area contributed by atoms with E-state index in [-0.39, 0.29) is 18.2 Å². The van der Waals surface area contributed by atoms with Crippen LogP contribution in [0.5, 0.6) is 0 Å². The smallest absolute Gasteiger partial charge is 0.322 e. The second-order valence-corrected chi connectivity index (χ2v) is 5.33. The maximum absolute atomic E-state index is 12.8. The lowest BCUT2D eigenvalue weighted by atomic mass is 10.0. The van der Waals surface area contributed by atoms with Crippen molar-refractivity contribution in [1.82, 2.24) is 0 Å². The van der Waals surface area contributed by atoms with Crippen molar-refractivity contribution < 1.29 is 44.3 Å². The normalized spacial score (nSPS) is 12.8. The third-order valence-corrected chi connectivity index (χ3v) is 3.30. The zero-order valence-corrected chi connectivity index (χ0v) is 12.9. The predicted octanol–water partition coefficient (Wildman–Crippen LogP) is 6.00. The summed E-state index contributed by atoms with van der Waals surface area (Å²) in [6, 6.07) is 3.30. The van der Waals surface area contributed by atoms with E-state index in [0.29, 0.717) is 12.1 Å². The first kappa shape index (κ1) is 20.6. The quantitative estimate of drug-likeness (QED) is 0.615. The Hall–Kier alpha value is -2.72. The van der Waals surface area contributed by atoms with E-state index < -0.39 is 52.4 Å². The van der Waals surface area contributed by atoms with Crippen LogP contribution in [0.1, 0.15) is 27.0 Å². The zero-order chi connectivity index (χ0) is 20.6. The SMILES string of the molecule is O=C(Nc1cccc(C(F)(F)F)c1)c1cc(C(F)(F)F)cc(C(F)(F)F)c1. The number of carbonyl (C=O) groups is 1. The van der Waals surface area contributed by atoms with Crippen molar-refractivity contribution in [2.45, 2.75) is 18.5 Å². The molecule has 146 valence electrons. The summed E-state index contributed by atoms with van der Waals surface area (Å²) in [6.07, 6.45) is -15.1. The summed E-state index contributed by atoms with van der Waals surface area (Å²) in [6.45, 7) is 0. The molecule has 0 aliphatic heterocycles. The lowest BCUT2D eigenvalue weighted by Gasteiger charge is -2.14. The number of halogens is 9. The third-order valence-electron chi connectivity index (χ3n) is 3.30. The molecule has 0 heterocycles. The highest BCUT2D eigenvalue weighted by Gasteiger charge is 2.37. The first-order chi connectivity index (χ1) is 12.2. The number of hydrogen-bond donors (Lipinski definition) is 1. The van der Waals surface area contributed by atoms with Crippen LogP contribution in [0.4, 0.5) is 45.2 Å². The van der Waals surface area contributed by atoms with Gasteiger partial charge in [0.25, 0.3) is 5.91 Å². The number of amides is 1. The van der Waals surface area contributed by atoms with Gasteiger partial charge in [0.2, 0.25) is 0 Å². The van der Waals surface area contributed by atoms with Crippen LogP contribution in [0.15, 0.2) is 42.5 Å². The predicted molar refractivity (Wildman–Crippen MR) is 75.8 cm³/mol. The molecule has 0 radical (unpaired) electrons. The highest BCUT2D eigenvalue weighted by Crippen LogP contribution is 2.36. The molecule has 0 atom stereocenters. The summed E-state index contributed by atoms with van der Waals surface area (Å²) in [5.41, 5.74) is -6.03. The number of anilines is 1. The first-order valence-electron chi connectivity index (χ1n) is 6.96. The van der Waals surface area contributed by atoms with E-state index in [1.165, 1.54) is 0 Å². The van der Waals surface area contributed by atoms with Gasteiger partial charge in [0, 0.05) is 11.3 Å². The summed E-state index contributed by atoms with van der Waals surface area (Å²) >= 11 is 0. The van der Waals surface area contributed by atoms with Gasteiger partial charge in [0.05, 0.1) is 16.7 Å². The fourth-order valence-electron chi connectivity index (χ4n) is 2.06. The van der Waals surface area contributed by atoms with Crippen molar-refractivity contribution >= 4 is 11.6 Å². The van der Waals surface area contributed by atoms with Crippen LogP contribution in [0.25, 0.3) is 0 Å². The molecule has 1 N–H and O–H groups in total. The highest BCUT2D eigenvalue weighted by molar-refractivity contribution is 6.04. The van der Waals surface area contributed by atoms with Gasteiger partial charge in [-0.3, -0.25) is 4.79 Å². The Morgan fingerprint density at radius 3 is 1.59 bits per heavy atom. The molecule has 0 spiro atoms. The Kier molecular flexibility index (Phi) is 5.17. The minimum atomic E-state index is -5.16. The molecule has 2 nitrogen and oxygen atoms in total. The van der Waals surface area contributed by atoms with Gasteiger partial charge in [-0.15, -0.1) is 0 Å². The zero-order valence-electron chi connectivity index (χ0n) is 12.9. The first-order valence-corrected chi connectivity index (χ1v) is 6.96. The van der Waals surface area contributed by atoms with Gasteiger partial charge in [-0.25, -0.2) is 0 Å². The molecule has 0 aliphatic rings. The van der Waals surface area contributed by atoms with Crippen LogP contribution in [0, 0.1) is 0 Å². The van der Waals surface area contributed by atoms with Crippen molar-refractivity contribution in [2.24, 2.45) is 0 Å². The summed E-state index contributed by atoms with van der Waals surface area (Å²) in [5, 5.41) is 1.85. The average Bonchev–Trinajstić information content (AvgIpc) is 2.52. The van der Waals surface area contributed by atoms with Gasteiger partial charge in [0.15, 0.2) is 0 Å². The number of benzene rings is 2. The van der Waals surface area contributed by atoms with Crippen LogP contribution in [0.3, 0.4) is 0 Å². The Morgan fingerprint density at radius 2 is 1.15 bits per heavy atom. The Labute approximate surface area is 145 Å². The van der Waals surface area contributed by atoms with E-state index in [9.17, 15) is 44.3 Å². The average molecular weight is 401 g/mol. The highest BCUT2D eigenvalue weighted by atomic mass is 19.4. The largest absolute Gasteiger partial charge is 0.416 e. The number of nitrogens with one attached hydrogen (secondary N) is 1. The van der Waals surface area contributed by atoms with E-state index in [2.05, 4.69) is 0 Å². The Balaban J connectivity index is 2.41. The van der Waals surface area contributed by atoms with E-state index in [0.717, 1.165) is 12.1 Å². The molecule has 2 rings (SSSR count). The summed E-state index contributed by atoms with van der Waals surface area (Å²) < 4.78 is 115. The second kappa shape index (κ2) is 6.78. The van der Waals surface area contributed by atoms with Crippen molar-refractivity contribution in [2.75, 3.05) is 5.32 Å². The number of hydrogen-bond acceptors (Lipinski definition) is 1. The van der Waals surface area contributed by atoms with Crippen molar-refractivity contribution in [3.8, 4) is 0 Å². The van der Waals surface area contributed by atoms with Crippen molar-refractivity contribution in [3.05, 3.63) is 64.7 Å². The number of carbonyl (C=O) groups excluding carboxylic acids is 1. The molecular weight excluding hydrogens is 393 g/mol. The lowest BCUT2D eigenvalue weighted by molar-refractivity contribution is -0.143. The Bertz CT molecular complexity index is 818. The van der Waals surface area contributed by atoms with E-state index in [1.54, 1.807) is 0 Å². The van der Waals surface area contributed by atoms with E-state index >= 15 is 0 Å². The molecule has 2 aromatic carbocycles. The van der Waals surface area contributed by atoms with Crippen LogP contribution in [0.2, 0.25) is 0 Å². The van der Waals surface area contributed by atoms with Crippen molar-refractivity contribution in [1.29, 1.82) is 0 Å². The molecular formula is C16H8F9NO. The van der Waals surface area contributed by atoms with Gasteiger partial charge in [-0.1, -0.05) is 6.07 Å². The molecule has 0 unspecified atom stereocenters. The molecule has 11 heteroatoms. The van der Waals surface area contributed by atoms with E-state index in [1.807, 2.05) is 5.32 Å². The molecule has 0 aromatic heterocycles. The molecule has 27 heavy (non-hydrogen) atoms. The van der Waals surface area contributed by atoms with Gasteiger partial charge >= 0.3 is 18.5 Å².